The van der Waals surface area contributed by atoms with Crippen LogP contribution in [0.1, 0.15) is 59.3 Å². The monoisotopic (exact) mass is 192 g/mol. The van der Waals surface area contributed by atoms with Gasteiger partial charge in [0, 0.05) is 0 Å². The smallest absolute Gasteiger partial charge is 0.0235 e. The van der Waals surface area contributed by atoms with Crippen molar-refractivity contribution < 1.29 is 0 Å². The maximum Gasteiger partial charge on any atom is -0.0235 e. The van der Waals surface area contributed by atoms with Gasteiger partial charge < -0.3 is 0 Å². The Labute approximate surface area is 88.5 Å². The molecule has 0 amide bonds. The summed E-state index contributed by atoms with van der Waals surface area (Å²) < 4.78 is 0. The molecule has 0 heteroatoms. The van der Waals surface area contributed by atoms with Crippen molar-refractivity contribution in [2.75, 3.05) is 0 Å². The summed E-state index contributed by atoms with van der Waals surface area (Å²) in [7, 11) is 0. The molecule has 0 aromatic heterocycles. The van der Waals surface area contributed by atoms with Crippen LogP contribution >= 0.6 is 0 Å². The van der Waals surface area contributed by atoms with E-state index in [9.17, 15) is 0 Å². The zero-order valence-electron chi connectivity index (χ0n) is 9.97. The van der Waals surface area contributed by atoms with E-state index < -0.39 is 0 Å². The fraction of sp³-hybridized carbons (Fsp3) is 1.00. The van der Waals surface area contributed by atoms with E-state index in [0.717, 1.165) is 23.2 Å². The molecule has 0 N–H and O–H groups in total. The molecule has 0 saturated heterocycles. The number of rotatable bonds is 0. The predicted octanol–water partition coefficient (Wildman–Crippen LogP) is 4.25. The molecule has 3 aliphatic rings. The van der Waals surface area contributed by atoms with Crippen molar-refractivity contribution in [3.63, 3.8) is 0 Å². The molecule has 3 fully saturated rings. The van der Waals surface area contributed by atoms with E-state index in [1.165, 1.54) is 25.7 Å². The highest BCUT2D eigenvalue weighted by Crippen LogP contribution is 2.71. The molecule has 4 atom stereocenters. The summed E-state index contributed by atoms with van der Waals surface area (Å²) in [5.41, 5.74) is 1.47. The van der Waals surface area contributed by atoms with E-state index in [1.807, 2.05) is 0 Å². The molecule has 4 unspecified atom stereocenters. The third-order valence-corrected chi connectivity index (χ3v) is 6.34. The average Bonchev–Trinajstić information content (AvgIpc) is 2.51. The molecular formula is C14H24. The summed E-state index contributed by atoms with van der Waals surface area (Å²) in [5, 5.41) is 0. The van der Waals surface area contributed by atoms with E-state index in [2.05, 4.69) is 20.8 Å². The molecule has 14 heavy (non-hydrogen) atoms. The zero-order valence-corrected chi connectivity index (χ0v) is 9.97. The molecular weight excluding hydrogens is 168 g/mol. The van der Waals surface area contributed by atoms with Gasteiger partial charge in [-0.25, -0.2) is 0 Å². The van der Waals surface area contributed by atoms with Crippen LogP contribution < -0.4 is 0 Å². The second-order valence-electron chi connectivity index (χ2n) is 6.88. The van der Waals surface area contributed by atoms with Crippen molar-refractivity contribution in [1.29, 1.82) is 0 Å². The largest absolute Gasteiger partial charge is 0.0620 e. The van der Waals surface area contributed by atoms with Crippen LogP contribution in [0.4, 0.5) is 0 Å². The Morgan fingerprint density at radius 2 is 1.86 bits per heavy atom. The van der Waals surface area contributed by atoms with Gasteiger partial charge in [0.1, 0.15) is 0 Å². The second-order valence-corrected chi connectivity index (χ2v) is 6.88. The third kappa shape index (κ3) is 0.864. The van der Waals surface area contributed by atoms with Crippen molar-refractivity contribution >= 4 is 0 Å². The highest BCUT2D eigenvalue weighted by Gasteiger charge is 2.62. The van der Waals surface area contributed by atoms with Gasteiger partial charge >= 0.3 is 0 Å². The summed E-state index contributed by atoms with van der Waals surface area (Å²) in [6, 6.07) is 0. The van der Waals surface area contributed by atoms with Crippen LogP contribution in [0.2, 0.25) is 0 Å². The van der Waals surface area contributed by atoms with Crippen LogP contribution in [0.25, 0.3) is 0 Å². The lowest BCUT2D eigenvalue weighted by Crippen LogP contribution is -2.30. The summed E-state index contributed by atoms with van der Waals surface area (Å²) >= 11 is 0. The van der Waals surface area contributed by atoms with Crippen LogP contribution in [0.15, 0.2) is 0 Å². The van der Waals surface area contributed by atoms with Gasteiger partial charge in [-0.1, -0.05) is 27.2 Å². The van der Waals surface area contributed by atoms with E-state index in [0.29, 0.717) is 5.41 Å². The van der Waals surface area contributed by atoms with Crippen LogP contribution in [0, 0.1) is 28.6 Å². The van der Waals surface area contributed by atoms with Crippen molar-refractivity contribution in [2.45, 2.75) is 59.3 Å². The van der Waals surface area contributed by atoms with Crippen molar-refractivity contribution in [2.24, 2.45) is 28.6 Å². The summed E-state index contributed by atoms with van der Waals surface area (Å²) in [5.74, 6) is 3.15. The van der Waals surface area contributed by atoms with E-state index in [-0.39, 0.29) is 0 Å². The van der Waals surface area contributed by atoms with Crippen molar-refractivity contribution in [3.05, 3.63) is 0 Å². The van der Waals surface area contributed by atoms with Crippen LogP contribution in [-0.4, -0.2) is 0 Å². The van der Waals surface area contributed by atoms with Gasteiger partial charge in [0.05, 0.1) is 0 Å². The normalized spacial score (nSPS) is 54.6. The number of hydrogen-bond acceptors (Lipinski definition) is 0. The molecule has 0 heterocycles. The lowest BCUT2D eigenvalue weighted by Gasteiger charge is -2.37. The van der Waals surface area contributed by atoms with Crippen LogP contribution in [0.5, 0.6) is 0 Å². The van der Waals surface area contributed by atoms with E-state index in [4.69, 9.17) is 0 Å². The first-order chi connectivity index (χ1) is 6.57. The van der Waals surface area contributed by atoms with Crippen LogP contribution in [0.3, 0.4) is 0 Å². The standard InChI is InChI=1S/C14H24/c1-10-6-7-12-13(2,3)11-5-4-8-14(10,12)9-11/h10-12H,4-9H2,1-3H3. The molecule has 0 nitrogen and oxygen atoms in total. The Kier molecular flexibility index (Phi) is 1.70. The topological polar surface area (TPSA) is 0 Å². The van der Waals surface area contributed by atoms with Gasteiger partial charge in [-0.2, -0.15) is 0 Å². The molecule has 2 bridgehead atoms. The van der Waals surface area contributed by atoms with Gasteiger partial charge in [0.25, 0.3) is 0 Å². The minimum absolute atomic E-state index is 0.668. The summed E-state index contributed by atoms with van der Waals surface area (Å²) in [4.78, 5) is 0. The van der Waals surface area contributed by atoms with Crippen LogP contribution in [-0.2, 0) is 0 Å². The Bertz CT molecular complexity index is 253. The van der Waals surface area contributed by atoms with Gasteiger partial charge in [-0.05, 0) is 60.7 Å². The zero-order chi connectivity index (χ0) is 9.97. The first kappa shape index (κ1) is 9.24. The number of fused-ring (bicyclic) bond motifs is 1. The SMILES string of the molecule is CC1CCC2C(C)(C)C3CCCC12C3. The Morgan fingerprint density at radius 1 is 1.07 bits per heavy atom. The fourth-order valence-electron chi connectivity index (χ4n) is 5.47. The highest BCUT2D eigenvalue weighted by molar-refractivity contribution is 5.12. The molecule has 0 aromatic carbocycles. The Balaban J connectivity index is 2.05. The molecule has 0 aromatic rings. The third-order valence-electron chi connectivity index (χ3n) is 6.34. The molecule has 0 radical (unpaired) electrons. The molecule has 1 spiro atoms. The minimum atomic E-state index is 0.668. The maximum atomic E-state index is 2.56. The van der Waals surface area contributed by atoms with Gasteiger partial charge in [0.15, 0.2) is 0 Å². The Hall–Kier alpha value is 0. The average molecular weight is 192 g/mol. The van der Waals surface area contributed by atoms with Crippen molar-refractivity contribution in [3.8, 4) is 0 Å². The lowest BCUT2D eigenvalue weighted by atomic mass is 9.67. The highest BCUT2D eigenvalue weighted by atomic mass is 14.7. The first-order valence-electron chi connectivity index (χ1n) is 6.57. The Morgan fingerprint density at radius 3 is 2.64 bits per heavy atom. The maximum absolute atomic E-state index is 2.56. The quantitative estimate of drug-likeness (QED) is 0.538. The van der Waals surface area contributed by atoms with Gasteiger partial charge in [-0.15, -0.1) is 0 Å². The summed E-state index contributed by atoms with van der Waals surface area (Å²) in [6.45, 7) is 7.66. The predicted molar refractivity (Wildman–Crippen MR) is 60.1 cm³/mol. The molecule has 3 aliphatic carbocycles. The van der Waals surface area contributed by atoms with E-state index in [1.54, 1.807) is 12.8 Å². The fourth-order valence-corrected chi connectivity index (χ4v) is 5.47. The van der Waals surface area contributed by atoms with Gasteiger partial charge in [0.2, 0.25) is 0 Å². The lowest BCUT2D eigenvalue weighted by molar-refractivity contribution is 0.115. The first-order valence-corrected chi connectivity index (χ1v) is 6.57. The van der Waals surface area contributed by atoms with Gasteiger partial charge in [-0.3, -0.25) is 0 Å². The van der Waals surface area contributed by atoms with E-state index >= 15 is 0 Å². The molecule has 80 valence electrons. The number of hydrogen-bond donors (Lipinski definition) is 0. The molecule has 0 aliphatic heterocycles. The van der Waals surface area contributed by atoms with Crippen molar-refractivity contribution in [1.82, 2.24) is 0 Å². The second kappa shape index (κ2) is 2.57. The molecule has 3 rings (SSSR count). The minimum Gasteiger partial charge on any atom is -0.0620 e. The summed E-state index contributed by atoms with van der Waals surface area (Å²) in [6.07, 6.45) is 9.23. The molecule has 3 saturated carbocycles.